The van der Waals surface area contributed by atoms with Crippen LogP contribution >= 0.6 is 0 Å². The zero-order valence-corrected chi connectivity index (χ0v) is 14.2. The fraction of sp³-hybridized carbons (Fsp3) is 1.00. The molecule has 2 aliphatic carbocycles. The molecule has 20 heavy (non-hydrogen) atoms. The van der Waals surface area contributed by atoms with Crippen molar-refractivity contribution in [1.29, 1.82) is 0 Å². The van der Waals surface area contributed by atoms with Crippen molar-refractivity contribution in [2.45, 2.75) is 104 Å². The zero-order valence-electron chi connectivity index (χ0n) is 14.2. The predicted molar refractivity (Wildman–Crippen MR) is 89.9 cm³/mol. The van der Waals surface area contributed by atoms with Gasteiger partial charge in [-0.1, -0.05) is 84.5 Å². The Kier molecular flexibility index (Phi) is 7.45. The Bertz CT molecular complexity index is 238. The molecule has 0 aromatic carbocycles. The Morgan fingerprint density at radius 3 is 2.00 bits per heavy atom. The van der Waals surface area contributed by atoms with Gasteiger partial charge in [0.2, 0.25) is 0 Å². The van der Waals surface area contributed by atoms with E-state index >= 15 is 0 Å². The van der Waals surface area contributed by atoms with Gasteiger partial charge in [0.15, 0.2) is 0 Å². The second-order valence-corrected chi connectivity index (χ2v) is 7.81. The van der Waals surface area contributed by atoms with Crippen molar-refractivity contribution in [3.05, 3.63) is 0 Å². The third kappa shape index (κ3) is 5.41. The Morgan fingerprint density at radius 1 is 0.650 bits per heavy atom. The van der Waals surface area contributed by atoms with Crippen molar-refractivity contribution in [3.63, 3.8) is 0 Å². The van der Waals surface area contributed by atoms with Crippen molar-refractivity contribution in [2.24, 2.45) is 23.7 Å². The van der Waals surface area contributed by atoms with Gasteiger partial charge in [-0.05, 0) is 42.9 Å². The Balaban J connectivity index is 1.40. The average Bonchev–Trinajstić information content (AvgIpc) is 3.15. The van der Waals surface area contributed by atoms with Gasteiger partial charge in [0.25, 0.3) is 0 Å². The van der Waals surface area contributed by atoms with Crippen molar-refractivity contribution in [3.8, 4) is 0 Å². The van der Waals surface area contributed by atoms with Crippen molar-refractivity contribution in [2.75, 3.05) is 0 Å². The minimum absolute atomic E-state index is 1.13. The number of unbranched alkanes of at least 4 members (excludes halogenated alkanes) is 7. The molecule has 118 valence electrons. The summed E-state index contributed by atoms with van der Waals surface area (Å²) in [5.74, 6) is 4.62. The highest BCUT2D eigenvalue weighted by molar-refractivity contribution is 4.96. The monoisotopic (exact) mass is 278 g/mol. The molecular weight excluding hydrogens is 240 g/mol. The second kappa shape index (κ2) is 9.11. The van der Waals surface area contributed by atoms with Crippen LogP contribution in [0.15, 0.2) is 0 Å². The van der Waals surface area contributed by atoms with E-state index in [4.69, 9.17) is 0 Å². The molecule has 2 atom stereocenters. The molecule has 0 spiro atoms. The molecular formula is C20H38. The summed E-state index contributed by atoms with van der Waals surface area (Å²) < 4.78 is 0. The smallest absolute Gasteiger partial charge is 0.0354 e. The van der Waals surface area contributed by atoms with Crippen LogP contribution < -0.4 is 0 Å². The molecule has 2 fully saturated rings. The molecule has 0 nitrogen and oxygen atoms in total. The molecule has 2 unspecified atom stereocenters. The van der Waals surface area contributed by atoms with Crippen LogP contribution in [0.1, 0.15) is 104 Å². The summed E-state index contributed by atoms with van der Waals surface area (Å²) in [5, 5.41) is 0. The molecule has 0 bridgehead atoms. The van der Waals surface area contributed by atoms with E-state index in [-0.39, 0.29) is 0 Å². The lowest BCUT2D eigenvalue weighted by atomic mass is 9.70. The third-order valence-electron chi connectivity index (χ3n) is 6.00. The van der Waals surface area contributed by atoms with Crippen molar-refractivity contribution in [1.82, 2.24) is 0 Å². The summed E-state index contributed by atoms with van der Waals surface area (Å²) in [7, 11) is 0. The van der Waals surface area contributed by atoms with Crippen LogP contribution in [-0.4, -0.2) is 0 Å². The molecule has 2 rings (SSSR count). The van der Waals surface area contributed by atoms with Gasteiger partial charge in [0.05, 0.1) is 0 Å². The van der Waals surface area contributed by atoms with E-state index in [1.165, 1.54) is 63.7 Å². The molecule has 0 aliphatic heterocycles. The molecule has 0 heterocycles. The van der Waals surface area contributed by atoms with E-state index in [2.05, 4.69) is 13.8 Å². The topological polar surface area (TPSA) is 0 Å². The maximum Gasteiger partial charge on any atom is -0.0354 e. The molecule has 0 aromatic heterocycles. The highest BCUT2D eigenvalue weighted by Gasteiger charge is 2.46. The molecule has 2 aliphatic rings. The first-order valence-corrected chi connectivity index (χ1v) is 9.85. The van der Waals surface area contributed by atoms with Gasteiger partial charge < -0.3 is 0 Å². The average molecular weight is 279 g/mol. The van der Waals surface area contributed by atoms with Crippen molar-refractivity contribution >= 4 is 0 Å². The summed E-state index contributed by atoms with van der Waals surface area (Å²) in [5.41, 5.74) is 0. The fourth-order valence-electron chi connectivity index (χ4n) is 4.42. The summed E-state index contributed by atoms with van der Waals surface area (Å²) in [6.07, 6.45) is 21.1. The first-order valence-electron chi connectivity index (χ1n) is 9.85. The third-order valence-corrected chi connectivity index (χ3v) is 6.00. The number of hydrogen-bond acceptors (Lipinski definition) is 0. The van der Waals surface area contributed by atoms with Crippen LogP contribution in [-0.2, 0) is 0 Å². The van der Waals surface area contributed by atoms with E-state index < -0.39 is 0 Å². The van der Waals surface area contributed by atoms with Crippen LogP contribution in [0.2, 0.25) is 0 Å². The van der Waals surface area contributed by atoms with Gasteiger partial charge in [0, 0.05) is 0 Å². The molecule has 0 aromatic rings. The number of hydrogen-bond donors (Lipinski definition) is 0. The summed E-state index contributed by atoms with van der Waals surface area (Å²) in [6.45, 7) is 4.63. The summed E-state index contributed by atoms with van der Waals surface area (Å²) in [4.78, 5) is 0. The maximum atomic E-state index is 2.32. The minimum Gasteiger partial charge on any atom is -0.0654 e. The van der Waals surface area contributed by atoms with Gasteiger partial charge in [-0.2, -0.15) is 0 Å². The molecule has 0 N–H and O–H groups in total. The van der Waals surface area contributed by atoms with E-state index in [0.29, 0.717) is 0 Å². The highest BCUT2D eigenvalue weighted by atomic mass is 14.5. The second-order valence-electron chi connectivity index (χ2n) is 7.81. The van der Waals surface area contributed by atoms with Crippen LogP contribution in [0.5, 0.6) is 0 Å². The normalized spacial score (nSPS) is 32.1. The molecule has 0 amide bonds. The Morgan fingerprint density at radius 2 is 1.25 bits per heavy atom. The lowest BCUT2D eigenvalue weighted by molar-refractivity contribution is 0.148. The quantitative estimate of drug-likeness (QED) is 0.338. The number of rotatable bonds is 12. The Labute approximate surface area is 128 Å². The minimum atomic E-state index is 1.13. The molecule has 0 saturated heterocycles. The predicted octanol–water partition coefficient (Wildman–Crippen LogP) is 6.98. The van der Waals surface area contributed by atoms with Crippen molar-refractivity contribution < 1.29 is 0 Å². The summed E-state index contributed by atoms with van der Waals surface area (Å²) >= 11 is 0. The largest absolute Gasteiger partial charge is 0.0654 e. The lowest BCUT2D eigenvalue weighted by Crippen LogP contribution is -2.25. The summed E-state index contributed by atoms with van der Waals surface area (Å²) in [6, 6.07) is 0. The molecule has 0 radical (unpaired) electrons. The molecule has 2 saturated carbocycles. The van der Waals surface area contributed by atoms with Gasteiger partial charge in [0.1, 0.15) is 0 Å². The molecule has 0 heteroatoms. The van der Waals surface area contributed by atoms with E-state index in [1.807, 2.05) is 0 Å². The standard InChI is InChI=1S/C20H38/c1-3-5-7-8-9-11-13-18-16-20(18)19-14-17(15-19)12-10-6-4-2/h17-20H,3-16H2,1-2H3. The van der Waals surface area contributed by atoms with Crippen LogP contribution in [0.3, 0.4) is 0 Å². The van der Waals surface area contributed by atoms with Crippen LogP contribution in [0.4, 0.5) is 0 Å². The van der Waals surface area contributed by atoms with Gasteiger partial charge in [-0.15, -0.1) is 0 Å². The lowest BCUT2D eigenvalue weighted by Gasteiger charge is -2.36. The van der Waals surface area contributed by atoms with Gasteiger partial charge >= 0.3 is 0 Å². The van der Waals surface area contributed by atoms with Gasteiger partial charge in [-0.3, -0.25) is 0 Å². The SMILES string of the molecule is CCCCCCCCC1CC1C1CC(CCCCC)C1. The first-order chi connectivity index (χ1) is 9.85. The van der Waals surface area contributed by atoms with Gasteiger partial charge in [-0.25, -0.2) is 0 Å². The highest BCUT2D eigenvalue weighted by Crippen LogP contribution is 2.56. The van der Waals surface area contributed by atoms with Crippen LogP contribution in [0.25, 0.3) is 0 Å². The van der Waals surface area contributed by atoms with E-state index in [1.54, 1.807) is 32.1 Å². The van der Waals surface area contributed by atoms with E-state index in [0.717, 1.165) is 17.8 Å². The maximum absolute atomic E-state index is 2.32. The fourth-order valence-corrected chi connectivity index (χ4v) is 4.42. The van der Waals surface area contributed by atoms with Crippen LogP contribution in [0, 0.1) is 23.7 Å². The zero-order chi connectivity index (χ0) is 14.2. The first kappa shape index (κ1) is 16.4. The van der Waals surface area contributed by atoms with E-state index in [9.17, 15) is 0 Å². The Hall–Kier alpha value is 0.